The Bertz CT molecular complexity index is 1060. The monoisotopic (exact) mass is 606 g/mol. The van der Waals surface area contributed by atoms with Crippen LogP contribution in [-0.2, 0) is 0 Å². The Morgan fingerprint density at radius 3 is 1.23 bits per heavy atom. The number of nitrogens with zero attached hydrogens (tertiary/aromatic N) is 2. The van der Waals surface area contributed by atoms with Crippen LogP contribution in [0.15, 0.2) is 31.8 Å². The van der Waals surface area contributed by atoms with Gasteiger partial charge < -0.3 is 9.97 Å². The maximum atomic E-state index is 4.57. The highest BCUT2D eigenvalue weighted by Gasteiger charge is 2.04. The third kappa shape index (κ3) is 13.5. The Labute approximate surface area is 253 Å². The zero-order valence-corrected chi connectivity index (χ0v) is 27.5. The van der Waals surface area contributed by atoms with E-state index in [-0.39, 0.29) is 0 Å². The van der Waals surface area contributed by atoms with Gasteiger partial charge in [-0.25, -0.2) is 9.97 Å². The Balaban J connectivity index is 0.000000216. The van der Waals surface area contributed by atoms with Crippen LogP contribution < -0.4 is 0 Å². The third-order valence-corrected chi connectivity index (χ3v) is 10.3. The van der Waals surface area contributed by atoms with Crippen LogP contribution in [0.4, 0.5) is 0 Å². The quantitative estimate of drug-likeness (QED) is 0.0731. The minimum Gasteiger partial charge on any atom is -0.332 e. The molecule has 218 valence electrons. The summed E-state index contributed by atoms with van der Waals surface area (Å²) in [5.74, 6) is 2.38. The smallest absolute Gasteiger partial charge is 0.166 e. The summed E-state index contributed by atoms with van der Waals surface area (Å²) in [7, 11) is 0. The zero-order chi connectivity index (χ0) is 27.4. The number of H-pyrrole nitrogens is 2. The topological polar surface area (TPSA) is 57.4 Å². The number of nitrogens with one attached hydrogen (secondary N) is 2. The molecule has 0 radical (unpaired) electrons. The highest BCUT2D eigenvalue weighted by molar-refractivity contribution is 7.99. The van der Waals surface area contributed by atoms with Crippen molar-refractivity contribution in [3.8, 4) is 0 Å². The van der Waals surface area contributed by atoms with E-state index in [2.05, 4.69) is 55.3 Å². The van der Waals surface area contributed by atoms with Crippen molar-refractivity contribution in [3.63, 3.8) is 0 Å². The number of hydrogen-bond donors (Lipinski definition) is 2. The lowest BCUT2D eigenvalue weighted by Crippen LogP contribution is -1.84. The molecule has 0 aliphatic carbocycles. The molecular weight excluding hydrogens is 557 g/mol. The predicted molar refractivity (Wildman–Crippen MR) is 179 cm³/mol. The van der Waals surface area contributed by atoms with Gasteiger partial charge in [-0.2, -0.15) is 0 Å². The first-order valence-corrected chi connectivity index (χ1v) is 19.2. The minimum absolute atomic E-state index is 1.08. The van der Waals surface area contributed by atoms with Crippen LogP contribution in [0.3, 0.4) is 0 Å². The Morgan fingerprint density at radius 1 is 0.513 bits per heavy atom. The first-order chi connectivity index (χ1) is 19.3. The number of imidazole rings is 2. The number of fused-ring (bicyclic) bond motifs is 2. The number of thioether (sulfide) groups is 2. The number of unbranched alkanes of at least 4 members (excludes halogenated alkanes) is 15. The van der Waals surface area contributed by atoms with E-state index in [0.29, 0.717) is 0 Å². The molecule has 0 aromatic carbocycles. The lowest BCUT2D eigenvalue weighted by Gasteiger charge is -2.01. The molecule has 8 heteroatoms. The molecule has 4 rings (SSSR count). The maximum Gasteiger partial charge on any atom is 0.166 e. The standard InChI is InChI=1S/C16H26N2S2.C15H24N2S2/c1-2-3-4-5-6-7-8-9-10-11-20-16-17-14-12-19-13-15(14)18-16;1-2-3-4-5-6-7-8-9-10-19-15-16-13-11-18-12-14(13)17-15/h12-13H,2-11H2,1H3,(H,17,18);11-12H,2-10H2,1H3,(H,16,17). The average molecular weight is 607 g/mol. The summed E-state index contributed by atoms with van der Waals surface area (Å²) < 4.78 is 0. The van der Waals surface area contributed by atoms with Crippen LogP contribution >= 0.6 is 46.2 Å². The van der Waals surface area contributed by atoms with Gasteiger partial charge >= 0.3 is 0 Å². The maximum absolute atomic E-state index is 4.57. The van der Waals surface area contributed by atoms with E-state index >= 15 is 0 Å². The molecule has 0 aliphatic heterocycles. The van der Waals surface area contributed by atoms with Gasteiger partial charge in [-0.1, -0.05) is 134 Å². The van der Waals surface area contributed by atoms with Gasteiger partial charge in [0.05, 0.1) is 11.0 Å². The van der Waals surface area contributed by atoms with Crippen molar-refractivity contribution in [2.45, 2.75) is 133 Å². The second-order valence-electron chi connectivity index (χ2n) is 10.4. The lowest BCUT2D eigenvalue weighted by molar-refractivity contribution is 0.573. The predicted octanol–water partition coefficient (Wildman–Crippen LogP) is 12.1. The third-order valence-electron chi connectivity index (χ3n) is 6.93. The van der Waals surface area contributed by atoms with Crippen LogP contribution in [0.1, 0.15) is 123 Å². The van der Waals surface area contributed by atoms with Crippen molar-refractivity contribution in [2.24, 2.45) is 0 Å². The van der Waals surface area contributed by atoms with Crippen LogP contribution in [0.2, 0.25) is 0 Å². The number of rotatable bonds is 21. The second kappa shape index (κ2) is 20.8. The van der Waals surface area contributed by atoms with Gasteiger partial charge in [0, 0.05) is 33.0 Å². The number of thiophene rings is 2. The SMILES string of the molecule is CCCCCCCCCCCSc1nc2cscc2[nH]1.CCCCCCCCCCSc1nc2cscc2[nH]1. The van der Waals surface area contributed by atoms with E-state index in [1.54, 1.807) is 22.7 Å². The molecule has 2 N–H and O–H groups in total. The fourth-order valence-electron chi connectivity index (χ4n) is 4.57. The Hall–Kier alpha value is -0.960. The average Bonchev–Trinajstić information content (AvgIpc) is 3.71. The molecule has 4 aromatic rings. The fourth-order valence-corrected chi connectivity index (χ4v) is 7.73. The summed E-state index contributed by atoms with van der Waals surface area (Å²) in [6.45, 7) is 4.55. The summed E-state index contributed by atoms with van der Waals surface area (Å²) in [4.78, 5) is 15.9. The molecular formula is C31H50N4S4. The summed E-state index contributed by atoms with van der Waals surface area (Å²) in [6, 6.07) is 0. The first-order valence-electron chi connectivity index (χ1n) is 15.4. The van der Waals surface area contributed by atoms with E-state index in [1.807, 2.05) is 23.5 Å². The molecule has 0 spiro atoms. The molecule has 0 unspecified atom stereocenters. The van der Waals surface area contributed by atoms with E-state index < -0.39 is 0 Å². The Morgan fingerprint density at radius 2 is 0.872 bits per heavy atom. The largest absolute Gasteiger partial charge is 0.332 e. The van der Waals surface area contributed by atoms with Gasteiger partial charge in [0.25, 0.3) is 0 Å². The van der Waals surface area contributed by atoms with Crippen molar-refractivity contribution < 1.29 is 0 Å². The molecule has 0 bridgehead atoms. The fraction of sp³-hybridized carbons (Fsp3) is 0.677. The van der Waals surface area contributed by atoms with Crippen LogP contribution in [0.5, 0.6) is 0 Å². The van der Waals surface area contributed by atoms with Crippen molar-refractivity contribution in [1.29, 1.82) is 0 Å². The van der Waals surface area contributed by atoms with Crippen molar-refractivity contribution in [2.75, 3.05) is 11.5 Å². The highest BCUT2D eigenvalue weighted by Crippen LogP contribution is 2.24. The summed E-state index contributed by atoms with van der Waals surface area (Å²) in [5, 5.41) is 10.6. The number of aromatic amines is 2. The van der Waals surface area contributed by atoms with Gasteiger partial charge in [0.15, 0.2) is 10.3 Å². The van der Waals surface area contributed by atoms with Gasteiger partial charge in [-0.15, -0.1) is 22.7 Å². The van der Waals surface area contributed by atoms with Crippen LogP contribution in [0, 0.1) is 0 Å². The molecule has 4 heterocycles. The molecule has 0 aliphatic rings. The Kier molecular flexibility index (Phi) is 17.4. The molecule has 0 saturated heterocycles. The highest BCUT2D eigenvalue weighted by atomic mass is 32.2. The second-order valence-corrected chi connectivity index (χ2v) is 14.1. The van der Waals surface area contributed by atoms with E-state index in [4.69, 9.17) is 0 Å². The van der Waals surface area contributed by atoms with Gasteiger partial charge in [-0.05, 0) is 12.8 Å². The summed E-state index contributed by atoms with van der Waals surface area (Å²) in [5.41, 5.74) is 4.60. The molecule has 0 amide bonds. The summed E-state index contributed by atoms with van der Waals surface area (Å²) >= 11 is 7.14. The van der Waals surface area contributed by atoms with Crippen LogP contribution in [0.25, 0.3) is 22.1 Å². The summed E-state index contributed by atoms with van der Waals surface area (Å²) in [6.07, 6.45) is 23.7. The molecule has 0 fully saturated rings. The first kappa shape index (κ1) is 32.6. The molecule has 0 atom stereocenters. The molecule has 0 saturated carbocycles. The van der Waals surface area contributed by atoms with Gasteiger partial charge in [0.2, 0.25) is 0 Å². The van der Waals surface area contributed by atoms with Gasteiger partial charge in [0.1, 0.15) is 11.0 Å². The van der Waals surface area contributed by atoms with Crippen LogP contribution in [-0.4, -0.2) is 31.4 Å². The lowest BCUT2D eigenvalue weighted by atomic mass is 10.1. The normalized spacial score (nSPS) is 11.4. The van der Waals surface area contributed by atoms with Gasteiger partial charge in [-0.3, -0.25) is 0 Å². The number of hydrogen-bond acceptors (Lipinski definition) is 6. The van der Waals surface area contributed by atoms with E-state index in [0.717, 1.165) is 21.3 Å². The molecule has 4 aromatic heterocycles. The van der Waals surface area contributed by atoms with Crippen molar-refractivity contribution >= 4 is 68.3 Å². The van der Waals surface area contributed by atoms with E-state index in [9.17, 15) is 0 Å². The zero-order valence-electron chi connectivity index (χ0n) is 24.3. The molecule has 39 heavy (non-hydrogen) atoms. The minimum atomic E-state index is 1.08. The number of aromatic nitrogens is 4. The van der Waals surface area contributed by atoms with Crippen molar-refractivity contribution in [3.05, 3.63) is 21.5 Å². The van der Waals surface area contributed by atoms with Crippen molar-refractivity contribution in [1.82, 2.24) is 19.9 Å². The molecule has 4 nitrogen and oxygen atoms in total. The van der Waals surface area contributed by atoms with E-state index in [1.165, 1.54) is 132 Å².